The van der Waals surface area contributed by atoms with Crippen LogP contribution >= 0.6 is 0 Å². The van der Waals surface area contributed by atoms with Crippen molar-refractivity contribution >= 4 is 0 Å². The number of hydrogen-bond acceptors (Lipinski definition) is 1. The number of rotatable bonds is 5. The van der Waals surface area contributed by atoms with Gasteiger partial charge in [-0.2, -0.15) is 0 Å². The minimum atomic E-state index is 0.820. The maximum absolute atomic E-state index is 3.42. The van der Waals surface area contributed by atoms with Crippen molar-refractivity contribution in [1.29, 1.82) is 0 Å². The Balaban J connectivity index is 2.11. The van der Waals surface area contributed by atoms with Gasteiger partial charge < -0.3 is 5.32 Å². The zero-order valence-corrected chi connectivity index (χ0v) is 9.31. The van der Waals surface area contributed by atoms with Crippen LogP contribution in [0, 0.1) is 5.92 Å². The lowest BCUT2D eigenvalue weighted by atomic mass is 9.83. The lowest BCUT2D eigenvalue weighted by molar-refractivity contribution is 0.276. The van der Waals surface area contributed by atoms with Crippen molar-refractivity contribution in [3.8, 4) is 0 Å². The summed E-state index contributed by atoms with van der Waals surface area (Å²) < 4.78 is 0. The predicted molar refractivity (Wildman–Crippen MR) is 58.9 cm³/mol. The van der Waals surface area contributed by atoms with Crippen molar-refractivity contribution in [3.05, 3.63) is 0 Å². The van der Waals surface area contributed by atoms with Gasteiger partial charge in [-0.05, 0) is 25.8 Å². The van der Waals surface area contributed by atoms with Crippen LogP contribution in [0.3, 0.4) is 0 Å². The molecular weight excluding hydrogens is 158 g/mol. The summed E-state index contributed by atoms with van der Waals surface area (Å²) in [6.07, 6.45) is 11.5. The van der Waals surface area contributed by atoms with E-state index >= 15 is 0 Å². The van der Waals surface area contributed by atoms with Crippen LogP contribution in [0.25, 0.3) is 0 Å². The van der Waals surface area contributed by atoms with Crippen molar-refractivity contribution in [1.82, 2.24) is 5.32 Å². The molecule has 0 aromatic heterocycles. The van der Waals surface area contributed by atoms with E-state index in [1.54, 1.807) is 0 Å². The minimum Gasteiger partial charge on any atom is -0.317 e. The van der Waals surface area contributed by atoms with Gasteiger partial charge in [0.15, 0.2) is 0 Å². The second-order valence-corrected chi connectivity index (χ2v) is 4.51. The standard InChI is InChI=1S/C12H25N/c1-3-4-5-7-11-8-6-9-12(10-11)13-2/h11-13H,3-10H2,1-2H3. The van der Waals surface area contributed by atoms with E-state index in [1.807, 2.05) is 0 Å². The Morgan fingerprint density at radius 1 is 1.23 bits per heavy atom. The van der Waals surface area contributed by atoms with E-state index in [0.29, 0.717) is 0 Å². The van der Waals surface area contributed by atoms with Gasteiger partial charge in [0.1, 0.15) is 0 Å². The van der Waals surface area contributed by atoms with Crippen molar-refractivity contribution in [2.24, 2.45) is 5.92 Å². The summed E-state index contributed by atoms with van der Waals surface area (Å²) in [5.74, 6) is 1.03. The average molecular weight is 183 g/mol. The predicted octanol–water partition coefficient (Wildman–Crippen LogP) is 3.34. The van der Waals surface area contributed by atoms with Gasteiger partial charge in [0.25, 0.3) is 0 Å². The lowest BCUT2D eigenvalue weighted by Crippen LogP contribution is -2.31. The van der Waals surface area contributed by atoms with E-state index in [-0.39, 0.29) is 0 Å². The minimum absolute atomic E-state index is 0.820. The van der Waals surface area contributed by atoms with Crippen LogP contribution in [0.1, 0.15) is 58.3 Å². The number of unbranched alkanes of at least 4 members (excludes halogenated alkanes) is 2. The van der Waals surface area contributed by atoms with Gasteiger partial charge in [-0.1, -0.05) is 45.4 Å². The molecule has 2 atom stereocenters. The van der Waals surface area contributed by atoms with Crippen LogP contribution in [0.2, 0.25) is 0 Å². The molecule has 1 rings (SSSR count). The summed E-state index contributed by atoms with van der Waals surface area (Å²) in [5.41, 5.74) is 0. The Morgan fingerprint density at radius 2 is 2.08 bits per heavy atom. The summed E-state index contributed by atoms with van der Waals surface area (Å²) in [4.78, 5) is 0. The van der Waals surface area contributed by atoms with E-state index in [2.05, 4.69) is 19.3 Å². The molecule has 0 aromatic carbocycles. The van der Waals surface area contributed by atoms with E-state index in [4.69, 9.17) is 0 Å². The van der Waals surface area contributed by atoms with Crippen LogP contribution < -0.4 is 5.32 Å². The third kappa shape index (κ3) is 4.12. The van der Waals surface area contributed by atoms with Gasteiger partial charge in [0, 0.05) is 6.04 Å². The molecule has 0 amide bonds. The fourth-order valence-electron chi connectivity index (χ4n) is 2.50. The number of hydrogen-bond donors (Lipinski definition) is 1. The Bertz CT molecular complexity index is 122. The smallest absolute Gasteiger partial charge is 0.00667 e. The zero-order chi connectivity index (χ0) is 9.52. The molecule has 1 aliphatic rings. The summed E-state index contributed by atoms with van der Waals surface area (Å²) in [7, 11) is 2.11. The molecule has 0 spiro atoms. The summed E-state index contributed by atoms with van der Waals surface area (Å²) in [5, 5.41) is 3.42. The van der Waals surface area contributed by atoms with Crippen LogP contribution in [0.5, 0.6) is 0 Å². The second kappa shape index (κ2) is 6.42. The first-order valence-electron chi connectivity index (χ1n) is 6.04. The Hall–Kier alpha value is -0.0400. The first-order valence-corrected chi connectivity index (χ1v) is 6.04. The van der Waals surface area contributed by atoms with Crippen molar-refractivity contribution in [3.63, 3.8) is 0 Å². The summed E-state index contributed by atoms with van der Waals surface area (Å²) >= 11 is 0. The fraction of sp³-hybridized carbons (Fsp3) is 1.00. The molecule has 2 unspecified atom stereocenters. The third-order valence-electron chi connectivity index (χ3n) is 3.41. The summed E-state index contributed by atoms with van der Waals surface area (Å²) in [6, 6.07) is 0.820. The van der Waals surface area contributed by atoms with E-state index in [1.165, 1.54) is 51.4 Å². The maximum Gasteiger partial charge on any atom is 0.00667 e. The highest BCUT2D eigenvalue weighted by Gasteiger charge is 2.19. The SMILES string of the molecule is CCCCCC1CCCC(NC)C1. The van der Waals surface area contributed by atoms with Crippen molar-refractivity contribution < 1.29 is 0 Å². The van der Waals surface area contributed by atoms with Gasteiger partial charge in [-0.3, -0.25) is 0 Å². The van der Waals surface area contributed by atoms with Crippen LogP contribution in [-0.4, -0.2) is 13.1 Å². The molecule has 0 heterocycles. The first-order chi connectivity index (χ1) is 6.36. The van der Waals surface area contributed by atoms with E-state index in [9.17, 15) is 0 Å². The van der Waals surface area contributed by atoms with Crippen molar-refractivity contribution in [2.45, 2.75) is 64.3 Å². The summed E-state index contributed by atoms with van der Waals surface area (Å²) in [6.45, 7) is 2.29. The Morgan fingerprint density at radius 3 is 2.77 bits per heavy atom. The fourth-order valence-corrected chi connectivity index (χ4v) is 2.50. The van der Waals surface area contributed by atoms with Gasteiger partial charge in [-0.25, -0.2) is 0 Å². The van der Waals surface area contributed by atoms with Gasteiger partial charge in [0.2, 0.25) is 0 Å². The molecule has 1 saturated carbocycles. The molecule has 0 aliphatic heterocycles. The second-order valence-electron chi connectivity index (χ2n) is 4.51. The molecule has 0 aromatic rings. The molecule has 0 saturated heterocycles. The molecule has 1 N–H and O–H groups in total. The van der Waals surface area contributed by atoms with Crippen molar-refractivity contribution in [2.75, 3.05) is 7.05 Å². The highest BCUT2D eigenvalue weighted by Crippen LogP contribution is 2.28. The van der Waals surface area contributed by atoms with Gasteiger partial charge >= 0.3 is 0 Å². The van der Waals surface area contributed by atoms with Crippen LogP contribution in [0.4, 0.5) is 0 Å². The highest BCUT2D eigenvalue weighted by molar-refractivity contribution is 4.76. The maximum atomic E-state index is 3.42. The van der Waals surface area contributed by atoms with Crippen LogP contribution in [-0.2, 0) is 0 Å². The molecular formula is C12H25N. The molecule has 13 heavy (non-hydrogen) atoms. The van der Waals surface area contributed by atoms with E-state index in [0.717, 1.165) is 12.0 Å². The third-order valence-corrected chi connectivity index (χ3v) is 3.41. The molecule has 1 nitrogen and oxygen atoms in total. The zero-order valence-electron chi connectivity index (χ0n) is 9.31. The average Bonchev–Trinajstić information content (AvgIpc) is 2.19. The Labute approximate surface area is 83.3 Å². The molecule has 1 fully saturated rings. The monoisotopic (exact) mass is 183 g/mol. The first kappa shape index (κ1) is 11.0. The molecule has 0 radical (unpaired) electrons. The molecule has 0 bridgehead atoms. The lowest BCUT2D eigenvalue weighted by Gasteiger charge is -2.28. The van der Waals surface area contributed by atoms with Gasteiger partial charge in [0.05, 0.1) is 0 Å². The van der Waals surface area contributed by atoms with Crippen LogP contribution in [0.15, 0.2) is 0 Å². The molecule has 1 aliphatic carbocycles. The largest absolute Gasteiger partial charge is 0.317 e. The highest BCUT2D eigenvalue weighted by atomic mass is 14.9. The molecule has 1 heteroatoms. The Kier molecular flexibility index (Phi) is 5.45. The van der Waals surface area contributed by atoms with Gasteiger partial charge in [-0.15, -0.1) is 0 Å². The molecule has 78 valence electrons. The normalized spacial score (nSPS) is 29.1. The number of nitrogens with one attached hydrogen (secondary N) is 1. The topological polar surface area (TPSA) is 12.0 Å². The van der Waals surface area contributed by atoms with E-state index < -0.39 is 0 Å². The quantitative estimate of drug-likeness (QED) is 0.645.